The van der Waals surface area contributed by atoms with E-state index in [-0.39, 0.29) is 0 Å². The molecule has 0 radical (unpaired) electrons. The Labute approximate surface area is 69.1 Å². The van der Waals surface area contributed by atoms with E-state index in [4.69, 9.17) is 10.2 Å². The van der Waals surface area contributed by atoms with Gasteiger partial charge in [-0.25, -0.2) is 9.97 Å². The summed E-state index contributed by atoms with van der Waals surface area (Å²) >= 11 is 0. The first kappa shape index (κ1) is 6.84. The van der Waals surface area contributed by atoms with Crippen LogP contribution in [0.1, 0.15) is 0 Å². The van der Waals surface area contributed by atoms with Gasteiger partial charge in [0.2, 0.25) is 0 Å². The third-order valence-corrected chi connectivity index (χ3v) is 1.46. The lowest BCUT2D eigenvalue weighted by Crippen LogP contribution is -1.93. The van der Waals surface area contributed by atoms with Crippen molar-refractivity contribution < 1.29 is 4.42 Å². The van der Waals surface area contributed by atoms with Crippen molar-refractivity contribution in [3.63, 3.8) is 0 Å². The Hall–Kier alpha value is -1.84. The van der Waals surface area contributed by atoms with Gasteiger partial charge in [-0.2, -0.15) is 0 Å². The molecular weight excluding hydrogens is 154 g/mol. The van der Waals surface area contributed by atoms with Crippen LogP contribution < -0.4 is 5.73 Å². The van der Waals surface area contributed by atoms with Crippen molar-refractivity contribution in [1.82, 2.24) is 9.97 Å². The topological polar surface area (TPSA) is 64.9 Å². The van der Waals surface area contributed by atoms with E-state index in [1.165, 1.54) is 0 Å². The molecule has 2 N–H and O–H groups in total. The second-order valence-electron chi connectivity index (χ2n) is 2.32. The van der Waals surface area contributed by atoms with Crippen LogP contribution >= 0.6 is 0 Å². The first-order chi connectivity index (χ1) is 5.86. The highest BCUT2D eigenvalue weighted by Gasteiger charge is 2.00. The minimum atomic E-state index is 0.459. The summed E-state index contributed by atoms with van der Waals surface area (Å²) in [7, 11) is 0. The van der Waals surface area contributed by atoms with E-state index in [1.807, 2.05) is 0 Å². The standard InChI is InChI=1S/C8H7N3O/c9-7-1-3-10-8(11-7)6-2-4-12-5-6/h1-5H,(H2,9,10,11). The number of anilines is 1. The van der Waals surface area contributed by atoms with Crippen molar-refractivity contribution in [3.8, 4) is 11.4 Å². The molecule has 0 saturated heterocycles. The summed E-state index contributed by atoms with van der Waals surface area (Å²) in [6, 6.07) is 3.43. The predicted molar refractivity (Wildman–Crippen MR) is 44.1 cm³/mol. The number of nitrogens with two attached hydrogens (primary N) is 1. The lowest BCUT2D eigenvalue weighted by Gasteiger charge is -1.94. The van der Waals surface area contributed by atoms with Gasteiger partial charge in [0.05, 0.1) is 11.8 Å². The lowest BCUT2D eigenvalue weighted by molar-refractivity contribution is 0.568. The molecule has 2 heterocycles. The van der Waals surface area contributed by atoms with Crippen LogP contribution in [0.25, 0.3) is 11.4 Å². The molecule has 0 amide bonds. The van der Waals surface area contributed by atoms with E-state index in [0.29, 0.717) is 11.6 Å². The fraction of sp³-hybridized carbons (Fsp3) is 0. The van der Waals surface area contributed by atoms with Crippen molar-refractivity contribution >= 4 is 5.82 Å². The minimum Gasteiger partial charge on any atom is -0.472 e. The van der Waals surface area contributed by atoms with Crippen molar-refractivity contribution in [2.75, 3.05) is 5.73 Å². The Morgan fingerprint density at radius 3 is 2.92 bits per heavy atom. The van der Waals surface area contributed by atoms with Crippen molar-refractivity contribution in [3.05, 3.63) is 30.9 Å². The van der Waals surface area contributed by atoms with Crippen LogP contribution in [-0.4, -0.2) is 9.97 Å². The van der Waals surface area contributed by atoms with Crippen LogP contribution in [0.15, 0.2) is 35.3 Å². The fourth-order valence-corrected chi connectivity index (χ4v) is 0.903. The zero-order chi connectivity index (χ0) is 8.39. The van der Waals surface area contributed by atoms with Crippen LogP contribution in [0.5, 0.6) is 0 Å². The summed E-state index contributed by atoms with van der Waals surface area (Å²) in [5.41, 5.74) is 6.32. The lowest BCUT2D eigenvalue weighted by atomic mass is 10.3. The van der Waals surface area contributed by atoms with Gasteiger partial charge >= 0.3 is 0 Å². The van der Waals surface area contributed by atoms with Gasteiger partial charge in [-0.3, -0.25) is 0 Å². The monoisotopic (exact) mass is 161 g/mol. The quantitative estimate of drug-likeness (QED) is 0.685. The Morgan fingerprint density at radius 2 is 2.25 bits per heavy atom. The molecular formula is C8H7N3O. The molecule has 0 aliphatic carbocycles. The molecule has 2 aromatic rings. The number of aromatic nitrogens is 2. The number of hydrogen-bond acceptors (Lipinski definition) is 4. The Balaban J connectivity index is 2.48. The highest BCUT2D eigenvalue weighted by atomic mass is 16.3. The normalized spacial score (nSPS) is 10.0. The maximum atomic E-state index is 5.48. The first-order valence-corrected chi connectivity index (χ1v) is 3.47. The molecule has 4 heteroatoms. The number of hydrogen-bond donors (Lipinski definition) is 1. The predicted octanol–water partition coefficient (Wildman–Crippen LogP) is 1.32. The van der Waals surface area contributed by atoms with E-state index in [0.717, 1.165) is 5.56 Å². The molecule has 0 saturated carbocycles. The SMILES string of the molecule is Nc1ccnc(-c2ccoc2)n1. The van der Waals surface area contributed by atoms with Crippen LogP contribution in [0.2, 0.25) is 0 Å². The molecule has 2 rings (SSSR count). The molecule has 0 aliphatic rings. The number of furan rings is 1. The molecule has 0 bridgehead atoms. The Bertz CT molecular complexity index is 370. The van der Waals surface area contributed by atoms with E-state index in [1.54, 1.807) is 30.9 Å². The fourth-order valence-electron chi connectivity index (χ4n) is 0.903. The second kappa shape index (κ2) is 2.65. The summed E-state index contributed by atoms with van der Waals surface area (Å²) in [6.07, 6.45) is 4.77. The van der Waals surface area contributed by atoms with Crippen LogP contribution in [0.4, 0.5) is 5.82 Å². The van der Waals surface area contributed by atoms with Crippen LogP contribution in [0, 0.1) is 0 Å². The number of nitrogen functional groups attached to an aromatic ring is 1. The van der Waals surface area contributed by atoms with Crippen LogP contribution in [0.3, 0.4) is 0 Å². The van der Waals surface area contributed by atoms with Crippen molar-refractivity contribution in [2.24, 2.45) is 0 Å². The highest BCUT2D eigenvalue weighted by Crippen LogP contribution is 2.14. The molecule has 2 aromatic heterocycles. The summed E-state index contributed by atoms with van der Waals surface area (Å²) in [5, 5.41) is 0. The van der Waals surface area contributed by atoms with Gasteiger partial charge < -0.3 is 10.2 Å². The largest absolute Gasteiger partial charge is 0.472 e. The molecule has 0 fully saturated rings. The van der Waals surface area contributed by atoms with Gasteiger partial charge in [-0.1, -0.05) is 0 Å². The summed E-state index contributed by atoms with van der Waals surface area (Å²) in [5.74, 6) is 1.05. The maximum absolute atomic E-state index is 5.48. The maximum Gasteiger partial charge on any atom is 0.164 e. The van der Waals surface area contributed by atoms with Crippen LogP contribution in [-0.2, 0) is 0 Å². The Morgan fingerprint density at radius 1 is 1.33 bits per heavy atom. The van der Waals surface area contributed by atoms with E-state index >= 15 is 0 Å². The molecule has 12 heavy (non-hydrogen) atoms. The molecule has 0 spiro atoms. The Kier molecular flexibility index (Phi) is 1.51. The van der Waals surface area contributed by atoms with Gasteiger partial charge in [-0.15, -0.1) is 0 Å². The number of rotatable bonds is 1. The van der Waals surface area contributed by atoms with Gasteiger partial charge in [0, 0.05) is 6.20 Å². The van der Waals surface area contributed by atoms with E-state index in [2.05, 4.69) is 9.97 Å². The van der Waals surface area contributed by atoms with Crippen molar-refractivity contribution in [2.45, 2.75) is 0 Å². The average Bonchev–Trinajstić information content (AvgIpc) is 2.56. The van der Waals surface area contributed by atoms with E-state index in [9.17, 15) is 0 Å². The third kappa shape index (κ3) is 1.14. The molecule has 0 aromatic carbocycles. The zero-order valence-corrected chi connectivity index (χ0v) is 6.27. The van der Waals surface area contributed by atoms with E-state index < -0.39 is 0 Å². The molecule has 60 valence electrons. The minimum absolute atomic E-state index is 0.459. The number of nitrogens with zero attached hydrogens (tertiary/aromatic N) is 2. The van der Waals surface area contributed by atoms with Crippen molar-refractivity contribution in [1.29, 1.82) is 0 Å². The second-order valence-corrected chi connectivity index (χ2v) is 2.32. The average molecular weight is 161 g/mol. The van der Waals surface area contributed by atoms with Gasteiger partial charge in [0.1, 0.15) is 12.1 Å². The third-order valence-electron chi connectivity index (χ3n) is 1.46. The van der Waals surface area contributed by atoms with Gasteiger partial charge in [-0.05, 0) is 12.1 Å². The molecule has 0 atom stereocenters. The molecule has 0 unspecified atom stereocenters. The van der Waals surface area contributed by atoms with Gasteiger partial charge in [0.25, 0.3) is 0 Å². The summed E-state index contributed by atoms with van der Waals surface area (Å²) in [4.78, 5) is 8.05. The highest BCUT2D eigenvalue weighted by molar-refractivity contribution is 5.53. The zero-order valence-electron chi connectivity index (χ0n) is 6.27. The first-order valence-electron chi connectivity index (χ1n) is 3.47. The molecule has 4 nitrogen and oxygen atoms in total. The smallest absolute Gasteiger partial charge is 0.164 e. The van der Waals surface area contributed by atoms with Gasteiger partial charge in [0.15, 0.2) is 5.82 Å². The summed E-state index contributed by atoms with van der Waals surface area (Å²) < 4.78 is 4.89. The summed E-state index contributed by atoms with van der Waals surface area (Å²) in [6.45, 7) is 0. The molecule has 0 aliphatic heterocycles.